The van der Waals surface area contributed by atoms with Gasteiger partial charge in [0.05, 0.1) is 18.4 Å². The minimum atomic E-state index is 0.264. The Kier molecular flexibility index (Phi) is 5.09. The molecule has 1 spiro atoms. The Bertz CT molecular complexity index is 677. The van der Waals surface area contributed by atoms with Crippen LogP contribution >= 0.6 is 0 Å². The number of furan rings is 1. The second kappa shape index (κ2) is 7.71. The van der Waals surface area contributed by atoms with Crippen molar-refractivity contribution in [3.63, 3.8) is 0 Å². The molecule has 4 unspecified atom stereocenters. The van der Waals surface area contributed by atoms with Gasteiger partial charge in [-0.2, -0.15) is 0 Å². The molecule has 2 N–H and O–H groups in total. The number of hydrogen-bond donors (Lipinski definition) is 2. The van der Waals surface area contributed by atoms with Crippen LogP contribution < -0.4 is 10.6 Å². The highest BCUT2D eigenvalue weighted by atomic mass is 16.5. The molecule has 1 aromatic rings. The summed E-state index contributed by atoms with van der Waals surface area (Å²) in [7, 11) is 1.88. The molecule has 4 aliphatic rings. The van der Waals surface area contributed by atoms with Crippen molar-refractivity contribution in [2.75, 3.05) is 33.3 Å². The SMILES string of the molecule is CN=C(NCC(c1ccco1)N1CCCC1)NC1C2CCOC2C12CCCC2. The van der Waals surface area contributed by atoms with Gasteiger partial charge in [-0.3, -0.25) is 9.89 Å². The Morgan fingerprint density at radius 2 is 2.11 bits per heavy atom. The molecule has 2 saturated heterocycles. The van der Waals surface area contributed by atoms with E-state index >= 15 is 0 Å². The number of fused-ring (bicyclic) bond motifs is 2. The van der Waals surface area contributed by atoms with E-state index in [0.29, 0.717) is 23.5 Å². The van der Waals surface area contributed by atoms with Crippen LogP contribution in [0.1, 0.15) is 56.7 Å². The molecule has 154 valence electrons. The van der Waals surface area contributed by atoms with Crippen LogP contribution in [-0.2, 0) is 4.74 Å². The summed E-state index contributed by atoms with van der Waals surface area (Å²) in [6, 6.07) is 4.85. The molecule has 2 aliphatic heterocycles. The topological polar surface area (TPSA) is 62.0 Å². The van der Waals surface area contributed by atoms with E-state index in [1.54, 1.807) is 6.26 Å². The zero-order valence-electron chi connectivity index (χ0n) is 17.0. The molecule has 6 nitrogen and oxygen atoms in total. The van der Waals surface area contributed by atoms with Crippen molar-refractivity contribution in [1.82, 2.24) is 15.5 Å². The Balaban J connectivity index is 1.25. The molecule has 6 heteroatoms. The molecule has 3 heterocycles. The van der Waals surface area contributed by atoms with E-state index in [0.717, 1.165) is 38.0 Å². The highest BCUT2D eigenvalue weighted by Gasteiger charge is 2.65. The third-order valence-corrected chi connectivity index (χ3v) is 7.72. The molecule has 0 amide bonds. The number of ether oxygens (including phenoxy) is 1. The van der Waals surface area contributed by atoms with Crippen molar-refractivity contribution in [1.29, 1.82) is 0 Å². The quantitative estimate of drug-likeness (QED) is 0.602. The lowest BCUT2D eigenvalue weighted by molar-refractivity contribution is -0.125. The van der Waals surface area contributed by atoms with Gasteiger partial charge in [-0.1, -0.05) is 12.8 Å². The van der Waals surface area contributed by atoms with Gasteiger partial charge in [0, 0.05) is 37.6 Å². The number of nitrogens with one attached hydrogen (secondary N) is 2. The van der Waals surface area contributed by atoms with Crippen molar-refractivity contribution in [3.05, 3.63) is 24.2 Å². The summed E-state index contributed by atoms with van der Waals surface area (Å²) in [6.45, 7) is 4.03. The predicted octanol–water partition coefficient (Wildman–Crippen LogP) is 2.93. The van der Waals surface area contributed by atoms with Crippen molar-refractivity contribution in [2.24, 2.45) is 16.3 Å². The standard InChI is InChI=1S/C22H34N4O2/c1-23-21(24-15-17(18-7-6-13-27-18)26-11-4-5-12-26)25-19-16-8-14-28-20(16)22(19)9-2-3-10-22/h6-7,13,16-17,19-20H,2-5,8-12,14-15H2,1H3,(H2,23,24,25). The van der Waals surface area contributed by atoms with Crippen LogP contribution in [0, 0.1) is 11.3 Å². The van der Waals surface area contributed by atoms with Gasteiger partial charge in [-0.05, 0) is 57.3 Å². The third-order valence-electron chi connectivity index (χ3n) is 7.72. The number of nitrogens with zero attached hydrogens (tertiary/aromatic N) is 2. The Labute approximate surface area is 168 Å². The van der Waals surface area contributed by atoms with Crippen LogP contribution in [0.5, 0.6) is 0 Å². The van der Waals surface area contributed by atoms with Crippen LogP contribution in [0.25, 0.3) is 0 Å². The fraction of sp³-hybridized carbons (Fsp3) is 0.773. The number of guanidine groups is 1. The zero-order chi connectivity index (χ0) is 19.0. The highest BCUT2D eigenvalue weighted by Crippen LogP contribution is 2.60. The van der Waals surface area contributed by atoms with Crippen molar-refractivity contribution < 1.29 is 9.15 Å². The highest BCUT2D eigenvalue weighted by molar-refractivity contribution is 5.80. The van der Waals surface area contributed by atoms with Crippen LogP contribution in [0.15, 0.2) is 27.8 Å². The van der Waals surface area contributed by atoms with Crippen LogP contribution in [-0.4, -0.2) is 56.3 Å². The molecular formula is C22H34N4O2. The van der Waals surface area contributed by atoms with E-state index in [-0.39, 0.29) is 6.04 Å². The first-order chi connectivity index (χ1) is 13.8. The summed E-state index contributed by atoms with van der Waals surface area (Å²) in [6.07, 6.45) is 11.3. The normalized spacial score (nSPS) is 33.0. The molecule has 4 atom stereocenters. The molecule has 0 radical (unpaired) electrons. The summed E-state index contributed by atoms with van der Waals surface area (Å²) < 4.78 is 11.9. The second-order valence-electron chi connectivity index (χ2n) is 9.03. The molecule has 0 bridgehead atoms. The van der Waals surface area contributed by atoms with Gasteiger partial charge in [0.25, 0.3) is 0 Å². The lowest BCUT2D eigenvalue weighted by atomic mass is 9.54. The zero-order valence-corrected chi connectivity index (χ0v) is 17.0. The van der Waals surface area contributed by atoms with E-state index in [1.165, 1.54) is 44.9 Å². The molecule has 2 saturated carbocycles. The molecule has 5 rings (SSSR count). The van der Waals surface area contributed by atoms with E-state index in [2.05, 4.69) is 26.6 Å². The monoisotopic (exact) mass is 386 g/mol. The summed E-state index contributed by atoms with van der Waals surface area (Å²) in [5, 5.41) is 7.42. The van der Waals surface area contributed by atoms with Crippen molar-refractivity contribution in [3.8, 4) is 0 Å². The maximum atomic E-state index is 6.13. The maximum absolute atomic E-state index is 6.13. The minimum Gasteiger partial charge on any atom is -0.468 e. The van der Waals surface area contributed by atoms with Crippen molar-refractivity contribution >= 4 is 5.96 Å². The lowest BCUT2D eigenvalue weighted by Crippen LogP contribution is -2.69. The number of hydrogen-bond acceptors (Lipinski definition) is 4. The van der Waals surface area contributed by atoms with Gasteiger partial charge in [-0.15, -0.1) is 0 Å². The Hall–Kier alpha value is -1.53. The van der Waals surface area contributed by atoms with Crippen LogP contribution in [0.4, 0.5) is 0 Å². The van der Waals surface area contributed by atoms with Gasteiger partial charge in [-0.25, -0.2) is 0 Å². The second-order valence-corrected chi connectivity index (χ2v) is 9.03. The van der Waals surface area contributed by atoms with E-state index < -0.39 is 0 Å². The summed E-state index contributed by atoms with van der Waals surface area (Å²) in [5.41, 5.74) is 0.341. The van der Waals surface area contributed by atoms with E-state index in [4.69, 9.17) is 9.15 Å². The van der Waals surface area contributed by atoms with Crippen LogP contribution in [0.3, 0.4) is 0 Å². The first kappa shape index (κ1) is 18.5. The summed E-state index contributed by atoms with van der Waals surface area (Å²) >= 11 is 0. The average molecular weight is 387 g/mol. The maximum Gasteiger partial charge on any atom is 0.191 e. The molecule has 0 aromatic carbocycles. The fourth-order valence-corrected chi connectivity index (χ4v) is 6.38. The van der Waals surface area contributed by atoms with Crippen molar-refractivity contribution in [2.45, 2.75) is 63.1 Å². The molecule has 4 fully saturated rings. The largest absolute Gasteiger partial charge is 0.468 e. The smallest absolute Gasteiger partial charge is 0.191 e. The van der Waals surface area contributed by atoms with Gasteiger partial charge >= 0.3 is 0 Å². The first-order valence-electron chi connectivity index (χ1n) is 11.2. The average Bonchev–Trinajstić information content (AvgIpc) is 3.49. The molecular weight excluding hydrogens is 352 g/mol. The molecule has 28 heavy (non-hydrogen) atoms. The lowest BCUT2D eigenvalue weighted by Gasteiger charge is -2.57. The fourth-order valence-electron chi connectivity index (χ4n) is 6.38. The third kappa shape index (κ3) is 3.05. The van der Waals surface area contributed by atoms with Gasteiger partial charge in [0.15, 0.2) is 5.96 Å². The first-order valence-corrected chi connectivity index (χ1v) is 11.2. The Morgan fingerprint density at radius 1 is 1.29 bits per heavy atom. The summed E-state index contributed by atoms with van der Waals surface area (Å²) in [4.78, 5) is 7.09. The number of rotatable bonds is 5. The molecule has 2 aliphatic carbocycles. The minimum absolute atomic E-state index is 0.264. The van der Waals surface area contributed by atoms with Gasteiger partial charge in [0.1, 0.15) is 5.76 Å². The van der Waals surface area contributed by atoms with Gasteiger partial charge in [0.2, 0.25) is 0 Å². The predicted molar refractivity (Wildman–Crippen MR) is 109 cm³/mol. The number of likely N-dealkylation sites (tertiary alicyclic amines) is 1. The summed E-state index contributed by atoms with van der Waals surface area (Å²) in [5.74, 6) is 2.62. The van der Waals surface area contributed by atoms with Gasteiger partial charge < -0.3 is 19.8 Å². The van der Waals surface area contributed by atoms with E-state index in [1.807, 2.05) is 13.1 Å². The molecule has 1 aromatic heterocycles. The van der Waals surface area contributed by atoms with Crippen LogP contribution in [0.2, 0.25) is 0 Å². The van der Waals surface area contributed by atoms with E-state index in [9.17, 15) is 0 Å². The number of aliphatic imine (C=N–C) groups is 1. The Morgan fingerprint density at radius 3 is 2.82 bits per heavy atom.